The van der Waals surface area contributed by atoms with Gasteiger partial charge in [0.25, 0.3) is 0 Å². The minimum absolute atomic E-state index is 0.0190. The monoisotopic (exact) mass is 564 g/mol. The summed E-state index contributed by atoms with van der Waals surface area (Å²) in [7, 11) is -4.09. The van der Waals surface area contributed by atoms with E-state index in [0.29, 0.717) is 11.8 Å². The number of sulfonamides is 1. The first kappa shape index (κ1) is 26.2. The van der Waals surface area contributed by atoms with Crippen LogP contribution in [0.15, 0.2) is 59.6 Å². The van der Waals surface area contributed by atoms with Gasteiger partial charge in [0.15, 0.2) is 22.6 Å². The molecule has 3 heterocycles. The SMILES string of the molecule is O=C(C1CCN(S(=O)(=O)c2ccc(F)c(F)c2)CC1)N(Cc1ccccn1)c1nc2c(F)cc(F)cc2s1. The van der Waals surface area contributed by atoms with Crippen LogP contribution in [0.2, 0.25) is 0 Å². The number of piperidine rings is 1. The van der Waals surface area contributed by atoms with Gasteiger partial charge in [0.05, 0.1) is 21.8 Å². The summed E-state index contributed by atoms with van der Waals surface area (Å²) in [5.74, 6) is -4.98. The lowest BCUT2D eigenvalue weighted by atomic mass is 9.96. The molecule has 1 aliphatic rings. The van der Waals surface area contributed by atoms with E-state index < -0.39 is 39.2 Å². The third-order valence-corrected chi connectivity index (χ3v) is 9.20. The molecule has 0 N–H and O–H groups in total. The summed E-state index contributed by atoms with van der Waals surface area (Å²) in [5.41, 5.74) is 0.489. The van der Waals surface area contributed by atoms with Gasteiger partial charge < -0.3 is 0 Å². The van der Waals surface area contributed by atoms with Gasteiger partial charge in [0.1, 0.15) is 11.3 Å². The van der Waals surface area contributed by atoms with Crippen molar-refractivity contribution in [3.8, 4) is 0 Å². The Kier molecular flexibility index (Phi) is 7.16. The van der Waals surface area contributed by atoms with Gasteiger partial charge >= 0.3 is 0 Å². The van der Waals surface area contributed by atoms with Crippen molar-refractivity contribution in [2.24, 2.45) is 5.92 Å². The molecule has 0 spiro atoms. The molecular weight excluding hydrogens is 544 g/mol. The number of thiazole rings is 1. The van der Waals surface area contributed by atoms with Crippen LogP contribution in [0.5, 0.6) is 0 Å². The summed E-state index contributed by atoms with van der Waals surface area (Å²) in [6.45, 7) is -0.0132. The fourth-order valence-corrected chi connectivity index (χ4v) is 6.80. The Bertz CT molecular complexity index is 1610. The van der Waals surface area contributed by atoms with Crippen LogP contribution >= 0.6 is 11.3 Å². The molecule has 1 aliphatic heterocycles. The second-order valence-electron chi connectivity index (χ2n) is 8.73. The predicted molar refractivity (Wildman–Crippen MR) is 133 cm³/mol. The number of rotatable bonds is 6. The number of carbonyl (C=O) groups excluding carboxylic acids is 1. The number of aromatic nitrogens is 2. The van der Waals surface area contributed by atoms with Gasteiger partial charge in [-0.1, -0.05) is 17.4 Å². The Morgan fingerprint density at radius 2 is 1.76 bits per heavy atom. The molecule has 0 unspecified atom stereocenters. The van der Waals surface area contributed by atoms with Gasteiger partial charge in [-0.2, -0.15) is 4.31 Å². The summed E-state index contributed by atoms with van der Waals surface area (Å²) in [6.07, 6.45) is 1.88. The van der Waals surface area contributed by atoms with Crippen molar-refractivity contribution >= 4 is 42.6 Å². The molecule has 0 atom stereocenters. The first-order valence-electron chi connectivity index (χ1n) is 11.6. The second-order valence-corrected chi connectivity index (χ2v) is 11.7. The fraction of sp³-hybridized carbons (Fsp3) is 0.240. The Balaban J connectivity index is 1.39. The molecule has 198 valence electrons. The average Bonchev–Trinajstić information content (AvgIpc) is 3.33. The Labute approximate surface area is 219 Å². The maximum Gasteiger partial charge on any atom is 0.243 e. The van der Waals surface area contributed by atoms with E-state index in [0.717, 1.165) is 39.9 Å². The van der Waals surface area contributed by atoms with E-state index in [-0.39, 0.29) is 58.6 Å². The molecule has 1 amide bonds. The number of pyridine rings is 1. The zero-order valence-corrected chi connectivity index (χ0v) is 21.3. The molecule has 0 saturated carbocycles. The third kappa shape index (κ3) is 5.13. The van der Waals surface area contributed by atoms with Gasteiger partial charge in [-0.05, 0) is 49.2 Å². The minimum atomic E-state index is -4.09. The quantitative estimate of drug-likeness (QED) is 0.312. The number of carbonyl (C=O) groups is 1. The minimum Gasteiger partial charge on any atom is -0.282 e. The number of fused-ring (bicyclic) bond motifs is 1. The Morgan fingerprint density at radius 1 is 1.00 bits per heavy atom. The van der Waals surface area contributed by atoms with Crippen molar-refractivity contribution in [1.29, 1.82) is 0 Å². The van der Waals surface area contributed by atoms with E-state index in [1.54, 1.807) is 24.4 Å². The van der Waals surface area contributed by atoms with Crippen LogP contribution in [-0.2, 0) is 21.4 Å². The number of nitrogens with zero attached hydrogens (tertiary/aromatic N) is 4. The molecule has 7 nitrogen and oxygen atoms in total. The number of anilines is 1. The van der Waals surface area contributed by atoms with Crippen molar-refractivity contribution < 1.29 is 30.8 Å². The molecule has 2 aromatic heterocycles. The predicted octanol–water partition coefficient (Wildman–Crippen LogP) is 4.88. The van der Waals surface area contributed by atoms with E-state index in [9.17, 15) is 30.8 Å². The number of halogens is 4. The topological polar surface area (TPSA) is 83.5 Å². The zero-order chi connectivity index (χ0) is 27.0. The average molecular weight is 565 g/mol. The third-order valence-electron chi connectivity index (χ3n) is 6.28. The van der Waals surface area contributed by atoms with Crippen molar-refractivity contribution in [2.75, 3.05) is 18.0 Å². The Morgan fingerprint density at radius 3 is 2.45 bits per heavy atom. The molecule has 5 rings (SSSR count). The van der Waals surface area contributed by atoms with Crippen molar-refractivity contribution in [3.63, 3.8) is 0 Å². The largest absolute Gasteiger partial charge is 0.282 e. The van der Waals surface area contributed by atoms with Crippen LogP contribution < -0.4 is 4.90 Å². The normalized spacial score (nSPS) is 15.2. The van der Waals surface area contributed by atoms with Gasteiger partial charge in [-0.3, -0.25) is 14.7 Å². The number of amides is 1. The van der Waals surface area contributed by atoms with E-state index in [2.05, 4.69) is 9.97 Å². The van der Waals surface area contributed by atoms with Crippen molar-refractivity contribution in [2.45, 2.75) is 24.3 Å². The van der Waals surface area contributed by atoms with Crippen molar-refractivity contribution in [1.82, 2.24) is 14.3 Å². The molecule has 1 saturated heterocycles. The first-order valence-corrected chi connectivity index (χ1v) is 13.8. The van der Waals surface area contributed by atoms with Crippen LogP contribution in [0.1, 0.15) is 18.5 Å². The van der Waals surface area contributed by atoms with E-state index in [1.165, 1.54) is 4.90 Å². The van der Waals surface area contributed by atoms with Crippen LogP contribution in [0.3, 0.4) is 0 Å². The van der Waals surface area contributed by atoms with Gasteiger partial charge in [0, 0.05) is 31.3 Å². The van der Waals surface area contributed by atoms with E-state index >= 15 is 0 Å². The highest BCUT2D eigenvalue weighted by Gasteiger charge is 2.35. The number of hydrogen-bond acceptors (Lipinski definition) is 6. The lowest BCUT2D eigenvalue weighted by molar-refractivity contribution is -0.123. The maximum absolute atomic E-state index is 14.3. The van der Waals surface area contributed by atoms with Crippen LogP contribution in [-0.4, -0.2) is 41.7 Å². The standard InChI is InChI=1S/C25H20F4N4O3S2/c26-16-11-21(29)23-22(12-16)37-25(31-23)33(14-17-3-1-2-8-30-17)24(34)15-6-9-32(10-7-15)38(35,36)18-4-5-19(27)20(28)13-18/h1-5,8,11-13,15H,6-7,9-10,14H2. The lowest BCUT2D eigenvalue weighted by Gasteiger charge is -2.33. The summed E-state index contributed by atoms with van der Waals surface area (Å²) >= 11 is 0.964. The summed E-state index contributed by atoms with van der Waals surface area (Å²) in [4.78, 5) is 23.2. The van der Waals surface area contributed by atoms with Crippen molar-refractivity contribution in [3.05, 3.63) is 83.7 Å². The smallest absolute Gasteiger partial charge is 0.243 e. The highest BCUT2D eigenvalue weighted by molar-refractivity contribution is 7.89. The molecule has 38 heavy (non-hydrogen) atoms. The van der Waals surface area contributed by atoms with Crippen LogP contribution in [0, 0.1) is 29.2 Å². The molecule has 0 radical (unpaired) electrons. The molecule has 4 aromatic rings. The molecule has 0 bridgehead atoms. The molecule has 2 aromatic carbocycles. The molecular formula is C25H20F4N4O3S2. The first-order chi connectivity index (χ1) is 18.1. The van der Waals surface area contributed by atoms with E-state index in [4.69, 9.17) is 0 Å². The molecule has 1 fully saturated rings. The highest BCUT2D eigenvalue weighted by atomic mass is 32.2. The summed E-state index contributed by atoms with van der Waals surface area (Å²) < 4.78 is 82.2. The Hall–Kier alpha value is -3.42. The van der Waals surface area contributed by atoms with Gasteiger partial charge in [-0.25, -0.2) is 31.0 Å². The maximum atomic E-state index is 14.3. The fourth-order valence-electron chi connectivity index (χ4n) is 4.30. The molecule has 0 aliphatic carbocycles. The van der Waals surface area contributed by atoms with Crippen LogP contribution in [0.4, 0.5) is 22.7 Å². The highest BCUT2D eigenvalue weighted by Crippen LogP contribution is 2.34. The van der Waals surface area contributed by atoms with Crippen LogP contribution in [0.25, 0.3) is 10.2 Å². The van der Waals surface area contributed by atoms with Gasteiger partial charge in [0.2, 0.25) is 15.9 Å². The lowest BCUT2D eigenvalue weighted by Crippen LogP contribution is -2.44. The zero-order valence-electron chi connectivity index (χ0n) is 19.7. The number of hydrogen-bond donors (Lipinski definition) is 0. The van der Waals surface area contributed by atoms with Gasteiger partial charge in [-0.15, -0.1) is 0 Å². The second kappa shape index (κ2) is 10.4. The molecule has 13 heteroatoms. The number of benzene rings is 2. The van der Waals surface area contributed by atoms with E-state index in [1.807, 2.05) is 0 Å². The summed E-state index contributed by atoms with van der Waals surface area (Å²) in [5, 5.41) is 0.164. The summed E-state index contributed by atoms with van der Waals surface area (Å²) in [6, 6.07) is 9.42.